The van der Waals surface area contributed by atoms with E-state index in [2.05, 4.69) is 4.85 Å². The first kappa shape index (κ1) is 26.6. The Morgan fingerprint density at radius 2 is 1.76 bits per heavy atom. The summed E-state index contributed by atoms with van der Waals surface area (Å²) in [6.07, 6.45) is -4.71. The molecule has 0 fully saturated rings. The van der Waals surface area contributed by atoms with Crippen molar-refractivity contribution in [2.24, 2.45) is 5.73 Å². The van der Waals surface area contributed by atoms with Crippen LogP contribution in [0.25, 0.3) is 10.5 Å². The van der Waals surface area contributed by atoms with Gasteiger partial charge in [-0.05, 0) is 32.0 Å². The molecule has 3 aromatic rings. The first-order valence-electron chi connectivity index (χ1n) is 10.6. The summed E-state index contributed by atoms with van der Waals surface area (Å²) in [4.78, 5) is 42.5. The van der Waals surface area contributed by atoms with Crippen molar-refractivity contribution in [3.63, 3.8) is 0 Å². The molecule has 190 valence electrons. The molecule has 0 unspecified atom stereocenters. The van der Waals surface area contributed by atoms with Crippen LogP contribution >= 0.6 is 0 Å². The van der Waals surface area contributed by atoms with Gasteiger partial charge in [0.2, 0.25) is 0 Å². The molecule has 3 rings (SSSR count). The molecule has 13 heteroatoms. The summed E-state index contributed by atoms with van der Waals surface area (Å²) in [5.41, 5.74) is 1.72. The molecule has 4 N–H and O–H groups in total. The lowest BCUT2D eigenvalue weighted by atomic mass is 10.1. The average molecular weight is 511 g/mol. The number of amides is 1. The predicted octanol–water partition coefficient (Wildman–Crippen LogP) is 3.19. The average Bonchev–Trinajstić information content (AvgIpc) is 2.85. The number of nitrogens with zero attached hydrogens (tertiary/aromatic N) is 4. The van der Waals surface area contributed by atoms with E-state index in [1.807, 2.05) is 0 Å². The highest BCUT2D eigenvalue weighted by molar-refractivity contribution is 6.47. The Morgan fingerprint density at radius 1 is 1.14 bits per heavy atom. The van der Waals surface area contributed by atoms with Gasteiger partial charge in [0.25, 0.3) is 11.5 Å². The molecule has 1 aromatic heterocycles. The topological polar surface area (TPSA) is 142 Å². The zero-order valence-electron chi connectivity index (χ0n) is 19.6. The molecule has 0 atom stereocenters. The van der Waals surface area contributed by atoms with E-state index in [9.17, 15) is 27.6 Å². The van der Waals surface area contributed by atoms with Crippen LogP contribution in [0, 0.1) is 24.3 Å². The van der Waals surface area contributed by atoms with E-state index in [0.29, 0.717) is 9.47 Å². The van der Waals surface area contributed by atoms with Crippen molar-refractivity contribution in [1.29, 1.82) is 10.8 Å². The maximum Gasteiger partial charge on any atom is 0.416 e. The normalized spacial score (nSPS) is 11.0. The fourth-order valence-corrected chi connectivity index (χ4v) is 3.67. The zero-order chi connectivity index (χ0) is 27.7. The number of nitrogens with two attached hydrogens (primary N) is 1. The lowest BCUT2D eigenvalue weighted by Gasteiger charge is -2.27. The quantitative estimate of drug-likeness (QED) is 0.281. The third-order valence-electron chi connectivity index (χ3n) is 5.47. The smallest absolute Gasteiger partial charge is 0.363 e. The van der Waals surface area contributed by atoms with Crippen LogP contribution < -0.4 is 21.9 Å². The van der Waals surface area contributed by atoms with E-state index in [0.717, 1.165) is 22.8 Å². The molecule has 2 aromatic carbocycles. The van der Waals surface area contributed by atoms with Gasteiger partial charge in [0.15, 0.2) is 11.5 Å². The van der Waals surface area contributed by atoms with Crippen molar-refractivity contribution < 1.29 is 18.0 Å². The second kappa shape index (κ2) is 9.94. The molecule has 0 spiro atoms. The first-order chi connectivity index (χ1) is 17.3. The van der Waals surface area contributed by atoms with E-state index in [4.69, 9.17) is 23.1 Å². The zero-order valence-corrected chi connectivity index (χ0v) is 19.6. The third kappa shape index (κ3) is 4.90. The van der Waals surface area contributed by atoms with Crippen molar-refractivity contribution >= 4 is 29.0 Å². The van der Waals surface area contributed by atoms with Crippen molar-refractivity contribution in [3.8, 4) is 5.69 Å². The van der Waals surface area contributed by atoms with Gasteiger partial charge in [-0.25, -0.2) is 9.64 Å². The third-order valence-corrected chi connectivity index (χ3v) is 5.47. The number of halogens is 3. The maximum absolute atomic E-state index is 13.4. The molecule has 1 amide bonds. The molecule has 0 saturated heterocycles. The lowest BCUT2D eigenvalue weighted by Crippen LogP contribution is -2.50. The molecule has 0 bridgehead atoms. The van der Waals surface area contributed by atoms with Gasteiger partial charge in [-0.2, -0.15) is 13.2 Å². The Bertz CT molecular complexity index is 1580. The second-order valence-corrected chi connectivity index (χ2v) is 7.71. The number of anilines is 1. The van der Waals surface area contributed by atoms with E-state index in [1.165, 1.54) is 44.2 Å². The maximum atomic E-state index is 13.4. The summed E-state index contributed by atoms with van der Waals surface area (Å²) < 4.78 is 41.6. The molecule has 0 radical (unpaired) electrons. The van der Waals surface area contributed by atoms with Gasteiger partial charge in [0.1, 0.15) is 11.5 Å². The molecule has 37 heavy (non-hydrogen) atoms. The monoisotopic (exact) mass is 511 g/mol. The fourth-order valence-electron chi connectivity index (χ4n) is 3.67. The highest BCUT2D eigenvalue weighted by atomic mass is 19.4. The standard InChI is InChI=1S/C24H20F3N7O3/c1-4-32-22(36)18(13(2)33(23(32)37)17-7-5-6-15(12-17)24(25,26)27)34(20(29)21(30)35)19(28)14-8-10-16(31-3)11-9-14/h5-12,28-29H,4H2,1-2H3,(H2,30,35). The van der Waals surface area contributed by atoms with Crippen molar-refractivity contribution in [2.45, 2.75) is 26.6 Å². The number of rotatable bonds is 4. The molecular formula is C24H20F3N7O3. The Labute approximate surface area is 207 Å². The van der Waals surface area contributed by atoms with Crippen molar-refractivity contribution in [2.75, 3.05) is 4.90 Å². The van der Waals surface area contributed by atoms with Crippen LogP contribution in [-0.4, -0.2) is 26.7 Å². The predicted molar refractivity (Wildman–Crippen MR) is 131 cm³/mol. The Morgan fingerprint density at radius 3 is 2.27 bits per heavy atom. The number of nitrogens with one attached hydrogen (secondary N) is 2. The molecule has 10 nitrogen and oxygen atoms in total. The SMILES string of the molecule is [C-]#[N+]c1ccc(C(=N)N(C(=N)C(N)=O)c2c(C)n(-c3cccc(C(F)(F)F)c3)c(=O)n(CC)c2=O)cc1. The molecular weight excluding hydrogens is 491 g/mol. The first-order valence-corrected chi connectivity index (χ1v) is 10.6. The number of amidine groups is 2. The number of primary amides is 1. The number of aromatic nitrogens is 2. The minimum absolute atomic E-state index is 0.0945. The van der Waals surface area contributed by atoms with E-state index < -0.39 is 46.3 Å². The summed E-state index contributed by atoms with van der Waals surface area (Å²) in [6.45, 7) is 9.56. The van der Waals surface area contributed by atoms with Gasteiger partial charge in [-0.1, -0.05) is 30.3 Å². The molecule has 0 aliphatic carbocycles. The van der Waals surface area contributed by atoms with Gasteiger partial charge in [-0.15, -0.1) is 0 Å². The summed E-state index contributed by atoms with van der Waals surface area (Å²) in [5.74, 6) is -2.85. The van der Waals surface area contributed by atoms with Crippen LogP contribution in [0.2, 0.25) is 0 Å². The van der Waals surface area contributed by atoms with E-state index in [-0.39, 0.29) is 29.2 Å². The highest BCUT2D eigenvalue weighted by Gasteiger charge is 2.32. The van der Waals surface area contributed by atoms with Crippen LogP contribution in [0.5, 0.6) is 0 Å². The van der Waals surface area contributed by atoms with Crippen LogP contribution in [0.15, 0.2) is 58.1 Å². The van der Waals surface area contributed by atoms with Gasteiger partial charge >= 0.3 is 11.9 Å². The number of hydrogen-bond donors (Lipinski definition) is 3. The van der Waals surface area contributed by atoms with Gasteiger partial charge in [-0.3, -0.25) is 34.4 Å². The molecule has 0 aliphatic heterocycles. The van der Waals surface area contributed by atoms with Crippen molar-refractivity contribution in [3.05, 3.63) is 97.6 Å². The molecule has 0 saturated carbocycles. The Hall–Kier alpha value is -4.99. The number of carbonyl (C=O) groups excluding carboxylic acids is 1. The van der Waals surface area contributed by atoms with Gasteiger partial charge in [0.05, 0.1) is 23.5 Å². The van der Waals surface area contributed by atoms with Crippen LogP contribution in [0.4, 0.5) is 24.5 Å². The number of benzene rings is 2. The fraction of sp³-hybridized carbons (Fsp3) is 0.167. The van der Waals surface area contributed by atoms with Crippen LogP contribution in [0.1, 0.15) is 23.7 Å². The van der Waals surface area contributed by atoms with Crippen molar-refractivity contribution in [1.82, 2.24) is 9.13 Å². The minimum Gasteiger partial charge on any atom is -0.363 e. The van der Waals surface area contributed by atoms with Gasteiger partial charge in [0, 0.05) is 12.1 Å². The largest absolute Gasteiger partial charge is 0.416 e. The minimum atomic E-state index is -4.71. The molecule has 1 heterocycles. The lowest BCUT2D eigenvalue weighted by molar-refractivity contribution is -0.137. The van der Waals surface area contributed by atoms with Crippen LogP contribution in [0.3, 0.4) is 0 Å². The van der Waals surface area contributed by atoms with E-state index >= 15 is 0 Å². The van der Waals surface area contributed by atoms with Crippen LogP contribution in [-0.2, 0) is 17.5 Å². The second-order valence-electron chi connectivity index (χ2n) is 7.71. The molecule has 0 aliphatic rings. The van der Waals surface area contributed by atoms with Gasteiger partial charge < -0.3 is 5.73 Å². The number of alkyl halides is 3. The van der Waals surface area contributed by atoms with E-state index in [1.54, 1.807) is 0 Å². The summed E-state index contributed by atoms with van der Waals surface area (Å²) in [7, 11) is 0. The Balaban J connectivity index is 2.39. The Kier molecular flexibility index (Phi) is 7.15. The highest BCUT2D eigenvalue weighted by Crippen LogP contribution is 2.31. The summed E-state index contributed by atoms with van der Waals surface area (Å²) in [6, 6.07) is 9.33. The summed E-state index contributed by atoms with van der Waals surface area (Å²) >= 11 is 0. The summed E-state index contributed by atoms with van der Waals surface area (Å²) in [5, 5.41) is 16.9. The number of carbonyl (C=O) groups is 1. The number of hydrogen-bond acceptors (Lipinski definition) is 5.